The lowest BCUT2D eigenvalue weighted by atomic mass is 9.76. The maximum Gasteiger partial charge on any atom is 0.419 e. The zero-order valence-electron chi connectivity index (χ0n) is 21.8. The maximum absolute atomic E-state index is 12.9. The number of likely N-dealkylation sites (tertiary alicyclic amines) is 1. The van der Waals surface area contributed by atoms with Crippen molar-refractivity contribution in [3.05, 3.63) is 29.5 Å². The molecule has 4 rings (SSSR count). The number of aryl methyl sites for hydroxylation is 1. The number of hydrogen-bond acceptors (Lipinski definition) is 5. The van der Waals surface area contributed by atoms with E-state index in [0.717, 1.165) is 79.4 Å². The molecule has 0 radical (unpaired) electrons. The molecule has 0 unspecified atom stereocenters. The van der Waals surface area contributed by atoms with Crippen LogP contribution in [0, 0.1) is 18.8 Å². The first kappa shape index (κ1) is 25.5. The van der Waals surface area contributed by atoms with E-state index in [4.69, 9.17) is 9.47 Å². The van der Waals surface area contributed by atoms with Crippen LogP contribution in [0.2, 0.25) is 0 Å². The number of carbonyl (C=O) groups is 2. The van der Waals surface area contributed by atoms with Crippen LogP contribution in [-0.4, -0.2) is 51.9 Å². The predicted octanol–water partition coefficient (Wildman–Crippen LogP) is 5.99. The Morgan fingerprint density at radius 3 is 2.46 bits per heavy atom. The number of hydrogen-bond donors (Lipinski definition) is 1. The van der Waals surface area contributed by atoms with Crippen molar-refractivity contribution in [1.29, 1.82) is 0 Å². The van der Waals surface area contributed by atoms with Crippen LogP contribution >= 0.6 is 0 Å². The zero-order chi connectivity index (χ0) is 25.3. The van der Waals surface area contributed by atoms with Gasteiger partial charge >= 0.3 is 12.1 Å². The molecule has 1 saturated heterocycles. The highest BCUT2D eigenvalue weighted by atomic mass is 16.6. The number of nitrogens with zero attached hydrogens (tertiary/aromatic N) is 2. The van der Waals surface area contributed by atoms with Crippen LogP contribution in [0.3, 0.4) is 0 Å². The van der Waals surface area contributed by atoms with Crippen LogP contribution in [0.25, 0.3) is 10.9 Å². The van der Waals surface area contributed by atoms with E-state index in [0.29, 0.717) is 12.0 Å². The summed E-state index contributed by atoms with van der Waals surface area (Å²) in [5, 5.41) is 10.4. The maximum atomic E-state index is 12.9. The van der Waals surface area contributed by atoms with Crippen molar-refractivity contribution in [2.45, 2.75) is 90.8 Å². The topological polar surface area (TPSA) is 81.0 Å². The lowest BCUT2D eigenvalue weighted by Gasteiger charge is -2.43. The Morgan fingerprint density at radius 2 is 1.83 bits per heavy atom. The second-order valence-electron chi connectivity index (χ2n) is 11.3. The molecule has 1 aliphatic carbocycles. The summed E-state index contributed by atoms with van der Waals surface area (Å²) in [6, 6.07) is 4.48. The van der Waals surface area contributed by atoms with E-state index in [2.05, 4.69) is 4.90 Å². The van der Waals surface area contributed by atoms with Gasteiger partial charge in [0.25, 0.3) is 0 Å². The van der Waals surface area contributed by atoms with Gasteiger partial charge in [-0.1, -0.05) is 6.42 Å². The third kappa shape index (κ3) is 5.50. The molecule has 1 saturated carbocycles. The Bertz CT molecular complexity index is 1080. The van der Waals surface area contributed by atoms with Crippen LogP contribution in [0.5, 0.6) is 5.75 Å². The van der Waals surface area contributed by atoms with Crippen molar-refractivity contribution in [3.63, 3.8) is 0 Å². The molecule has 1 aliphatic heterocycles. The molecule has 2 aliphatic rings. The minimum atomic E-state index is -0.648. The van der Waals surface area contributed by atoms with E-state index in [9.17, 15) is 14.7 Å². The molecule has 0 bridgehead atoms. The second-order valence-corrected chi connectivity index (χ2v) is 11.3. The highest BCUT2D eigenvalue weighted by Crippen LogP contribution is 2.39. The number of piperidine rings is 1. The first-order valence-electron chi connectivity index (χ1n) is 13.0. The molecule has 0 spiro atoms. The summed E-state index contributed by atoms with van der Waals surface area (Å²) in [6.45, 7) is 9.39. The second kappa shape index (κ2) is 10.2. The molecule has 1 N–H and O–H groups in total. The lowest BCUT2D eigenvalue weighted by molar-refractivity contribution is -0.143. The van der Waals surface area contributed by atoms with Gasteiger partial charge in [-0.05, 0) is 96.4 Å². The highest BCUT2D eigenvalue weighted by molar-refractivity contribution is 5.95. The number of fused-ring (bicyclic) bond motifs is 1. The van der Waals surface area contributed by atoms with Gasteiger partial charge in [-0.3, -0.25) is 14.3 Å². The van der Waals surface area contributed by atoms with E-state index in [1.54, 1.807) is 17.9 Å². The summed E-state index contributed by atoms with van der Waals surface area (Å²) < 4.78 is 13.1. The zero-order valence-corrected chi connectivity index (χ0v) is 21.8. The van der Waals surface area contributed by atoms with E-state index >= 15 is 0 Å². The molecule has 2 fully saturated rings. The van der Waals surface area contributed by atoms with Gasteiger partial charge in [0.05, 0.1) is 18.5 Å². The summed E-state index contributed by atoms with van der Waals surface area (Å²) in [5.74, 6) is 0.540. The largest absolute Gasteiger partial charge is 0.496 e. The van der Waals surface area contributed by atoms with Crippen molar-refractivity contribution in [1.82, 2.24) is 9.47 Å². The summed E-state index contributed by atoms with van der Waals surface area (Å²) in [4.78, 5) is 26.9. The molecule has 1 aromatic carbocycles. The Hall–Kier alpha value is -2.54. The van der Waals surface area contributed by atoms with Gasteiger partial charge < -0.3 is 14.6 Å². The number of carboxylic acid groups (broad SMARTS) is 1. The van der Waals surface area contributed by atoms with Gasteiger partial charge in [-0.25, -0.2) is 4.79 Å². The van der Waals surface area contributed by atoms with Crippen molar-refractivity contribution in [3.8, 4) is 5.75 Å². The normalized spacial score (nSPS) is 23.9. The first-order valence-corrected chi connectivity index (χ1v) is 13.0. The number of rotatable bonds is 5. The summed E-state index contributed by atoms with van der Waals surface area (Å²) in [7, 11) is 1.70. The monoisotopic (exact) mass is 484 g/mol. The standard InChI is InChI=1S/C28H40N2O5/c1-18-16-24(34-5)22(21-13-15-30(25(18)21)27(33)35-28(2,3)4)17-29-14-7-6-8-23(29)19-9-11-20(12-10-19)26(31)32/h13,15-16,19-20,23H,6-12,14,17H2,1-5H3,(H,31,32)/t19?,20?,23-/m0/s1. The smallest absolute Gasteiger partial charge is 0.419 e. The van der Waals surface area contributed by atoms with E-state index < -0.39 is 11.6 Å². The summed E-state index contributed by atoms with van der Waals surface area (Å²) >= 11 is 0. The minimum absolute atomic E-state index is 0.187. The van der Waals surface area contributed by atoms with Gasteiger partial charge in [0.1, 0.15) is 11.4 Å². The SMILES string of the molecule is COc1cc(C)c2c(ccn2C(=O)OC(C)(C)C)c1CN1CCCC[C@H]1C1CCC(C(=O)O)CC1. The molecule has 2 heterocycles. The number of aliphatic carboxylic acids is 1. The van der Waals surface area contributed by atoms with Gasteiger partial charge in [-0.2, -0.15) is 0 Å². The molecule has 192 valence electrons. The number of benzene rings is 1. The molecule has 7 nitrogen and oxygen atoms in total. The Morgan fingerprint density at radius 1 is 1.11 bits per heavy atom. The van der Waals surface area contributed by atoms with Gasteiger partial charge in [0.15, 0.2) is 0 Å². The molecule has 0 amide bonds. The first-order chi connectivity index (χ1) is 16.6. The Balaban J connectivity index is 1.64. The van der Waals surface area contributed by atoms with Crippen LogP contribution in [0.15, 0.2) is 18.3 Å². The third-order valence-corrected chi connectivity index (χ3v) is 7.73. The molecule has 7 heteroatoms. The van der Waals surface area contributed by atoms with E-state index in [1.165, 1.54) is 6.42 Å². The van der Waals surface area contributed by atoms with Crippen LogP contribution in [0.1, 0.15) is 76.8 Å². The van der Waals surface area contributed by atoms with Crippen molar-refractivity contribution >= 4 is 23.0 Å². The number of ether oxygens (including phenoxy) is 2. The third-order valence-electron chi connectivity index (χ3n) is 7.73. The number of carboxylic acids is 1. The number of aromatic nitrogens is 1. The molecular weight excluding hydrogens is 444 g/mol. The quantitative estimate of drug-likeness (QED) is 0.562. The highest BCUT2D eigenvalue weighted by Gasteiger charge is 2.35. The minimum Gasteiger partial charge on any atom is -0.496 e. The molecular formula is C28H40N2O5. The Labute approximate surface area is 208 Å². The fraction of sp³-hybridized carbons (Fsp3) is 0.643. The van der Waals surface area contributed by atoms with Crippen LogP contribution < -0.4 is 4.74 Å². The van der Waals surface area contributed by atoms with Crippen LogP contribution in [-0.2, 0) is 16.1 Å². The fourth-order valence-electron chi connectivity index (χ4n) is 6.07. The van der Waals surface area contributed by atoms with Crippen molar-refractivity contribution in [2.24, 2.45) is 11.8 Å². The van der Waals surface area contributed by atoms with Crippen molar-refractivity contribution in [2.75, 3.05) is 13.7 Å². The predicted molar refractivity (Wildman–Crippen MR) is 136 cm³/mol. The molecule has 1 atom stereocenters. The van der Waals surface area contributed by atoms with E-state index in [-0.39, 0.29) is 12.0 Å². The van der Waals surface area contributed by atoms with Gasteiger partial charge in [-0.15, -0.1) is 0 Å². The Kier molecular flexibility index (Phi) is 7.46. The molecule has 35 heavy (non-hydrogen) atoms. The summed E-state index contributed by atoms with van der Waals surface area (Å²) in [5.41, 5.74) is 2.36. The molecule has 1 aromatic heterocycles. The lowest BCUT2D eigenvalue weighted by Crippen LogP contribution is -2.45. The number of methoxy groups -OCH3 is 1. The number of carbonyl (C=O) groups excluding carboxylic acids is 1. The van der Waals surface area contributed by atoms with E-state index in [1.807, 2.05) is 39.8 Å². The van der Waals surface area contributed by atoms with Gasteiger partial charge in [0.2, 0.25) is 0 Å². The van der Waals surface area contributed by atoms with Crippen LogP contribution in [0.4, 0.5) is 4.79 Å². The summed E-state index contributed by atoms with van der Waals surface area (Å²) in [6.07, 6.45) is 8.47. The average molecular weight is 485 g/mol. The van der Waals surface area contributed by atoms with Crippen molar-refractivity contribution < 1.29 is 24.2 Å². The molecule has 2 aromatic rings. The average Bonchev–Trinajstić information content (AvgIpc) is 3.26. The fourth-order valence-corrected chi connectivity index (χ4v) is 6.07. The van der Waals surface area contributed by atoms with Gasteiger partial charge in [0, 0.05) is 29.7 Å².